The second kappa shape index (κ2) is 6.94. The van der Waals surface area contributed by atoms with Crippen LogP contribution in [-0.4, -0.2) is 24.7 Å². The molecule has 0 unspecified atom stereocenters. The standard InChI is InChI=1S/C8H16N2O2/c9-5-1-3-7(11)8(12)4-2-6-10/h1-6,9-10H2. The summed E-state index contributed by atoms with van der Waals surface area (Å²) in [6.07, 6.45) is 1.74. The third kappa shape index (κ3) is 4.98. The van der Waals surface area contributed by atoms with Crippen molar-refractivity contribution in [2.45, 2.75) is 25.7 Å². The van der Waals surface area contributed by atoms with Gasteiger partial charge in [0.2, 0.25) is 0 Å². The van der Waals surface area contributed by atoms with Crippen molar-refractivity contribution >= 4 is 11.6 Å². The largest absolute Gasteiger partial charge is 0.330 e. The van der Waals surface area contributed by atoms with Gasteiger partial charge in [0, 0.05) is 12.8 Å². The Balaban J connectivity index is 3.55. The normalized spacial score (nSPS) is 9.83. The molecule has 0 aliphatic heterocycles. The summed E-state index contributed by atoms with van der Waals surface area (Å²) in [5.74, 6) is -0.622. The molecule has 0 radical (unpaired) electrons. The highest BCUT2D eigenvalue weighted by atomic mass is 16.2. The van der Waals surface area contributed by atoms with Crippen LogP contribution in [0.25, 0.3) is 0 Å². The Labute approximate surface area is 72.3 Å². The molecule has 0 aromatic heterocycles. The minimum absolute atomic E-state index is 0.278. The molecule has 70 valence electrons. The first-order chi connectivity index (χ1) is 5.72. The van der Waals surface area contributed by atoms with E-state index in [2.05, 4.69) is 0 Å². The summed E-state index contributed by atoms with van der Waals surface area (Å²) in [5, 5.41) is 0. The van der Waals surface area contributed by atoms with E-state index in [1.54, 1.807) is 0 Å². The molecule has 0 aliphatic carbocycles. The van der Waals surface area contributed by atoms with Crippen molar-refractivity contribution < 1.29 is 9.59 Å². The van der Waals surface area contributed by atoms with Crippen LogP contribution in [-0.2, 0) is 9.59 Å². The van der Waals surface area contributed by atoms with Gasteiger partial charge < -0.3 is 11.5 Å². The predicted molar refractivity (Wildman–Crippen MR) is 46.6 cm³/mol. The summed E-state index contributed by atoms with van der Waals surface area (Å²) in [7, 11) is 0. The molecule has 12 heavy (non-hydrogen) atoms. The molecule has 0 aliphatic rings. The van der Waals surface area contributed by atoms with E-state index in [-0.39, 0.29) is 24.4 Å². The van der Waals surface area contributed by atoms with Crippen molar-refractivity contribution in [3.63, 3.8) is 0 Å². The molecule has 0 amide bonds. The van der Waals surface area contributed by atoms with Gasteiger partial charge in [-0.25, -0.2) is 0 Å². The van der Waals surface area contributed by atoms with E-state index in [4.69, 9.17) is 11.5 Å². The Morgan fingerprint density at radius 1 is 0.833 bits per heavy atom. The molecule has 0 spiro atoms. The van der Waals surface area contributed by atoms with Crippen LogP contribution in [0, 0.1) is 0 Å². The Hall–Kier alpha value is -0.740. The van der Waals surface area contributed by atoms with E-state index >= 15 is 0 Å². The van der Waals surface area contributed by atoms with E-state index in [0.29, 0.717) is 25.9 Å². The quantitative estimate of drug-likeness (QED) is 0.512. The molecule has 0 rings (SSSR count). The van der Waals surface area contributed by atoms with Crippen LogP contribution < -0.4 is 11.5 Å². The number of carbonyl (C=O) groups excluding carboxylic acids is 2. The van der Waals surface area contributed by atoms with Crippen LogP contribution in [0.2, 0.25) is 0 Å². The summed E-state index contributed by atoms with van der Waals surface area (Å²) in [4.78, 5) is 21.9. The SMILES string of the molecule is NCCCC(=O)C(=O)CCCN. The Morgan fingerprint density at radius 2 is 1.17 bits per heavy atom. The molecule has 0 bridgehead atoms. The zero-order valence-corrected chi connectivity index (χ0v) is 7.21. The van der Waals surface area contributed by atoms with E-state index in [1.807, 2.05) is 0 Å². The molecule has 0 heterocycles. The number of Topliss-reactive ketones (excluding diaryl/α,β-unsaturated/α-hetero) is 2. The highest BCUT2D eigenvalue weighted by Gasteiger charge is 2.11. The van der Waals surface area contributed by atoms with Crippen LogP contribution in [0.3, 0.4) is 0 Å². The lowest BCUT2D eigenvalue weighted by Gasteiger charge is -1.97. The lowest BCUT2D eigenvalue weighted by Crippen LogP contribution is -2.16. The van der Waals surface area contributed by atoms with Crippen LogP contribution in [0.15, 0.2) is 0 Å². The maximum absolute atomic E-state index is 11.0. The van der Waals surface area contributed by atoms with Gasteiger partial charge in [-0.05, 0) is 25.9 Å². The minimum Gasteiger partial charge on any atom is -0.330 e. The number of hydrogen-bond donors (Lipinski definition) is 2. The number of nitrogens with two attached hydrogens (primary N) is 2. The lowest BCUT2D eigenvalue weighted by atomic mass is 10.1. The second-order valence-corrected chi connectivity index (χ2v) is 2.63. The first-order valence-corrected chi connectivity index (χ1v) is 4.18. The number of rotatable bonds is 7. The molecular weight excluding hydrogens is 156 g/mol. The van der Waals surface area contributed by atoms with Gasteiger partial charge in [-0.2, -0.15) is 0 Å². The molecule has 4 heteroatoms. The monoisotopic (exact) mass is 172 g/mol. The molecule has 0 saturated heterocycles. The second-order valence-electron chi connectivity index (χ2n) is 2.63. The molecule has 0 saturated carbocycles. The number of carbonyl (C=O) groups is 2. The van der Waals surface area contributed by atoms with Crippen LogP contribution in [0.4, 0.5) is 0 Å². The predicted octanol–water partition coefficient (Wildman–Crippen LogP) is -0.398. The first kappa shape index (κ1) is 11.3. The van der Waals surface area contributed by atoms with Crippen LogP contribution in [0.1, 0.15) is 25.7 Å². The van der Waals surface area contributed by atoms with Crippen molar-refractivity contribution in [3.05, 3.63) is 0 Å². The smallest absolute Gasteiger partial charge is 0.198 e. The van der Waals surface area contributed by atoms with Gasteiger partial charge in [0.25, 0.3) is 0 Å². The Morgan fingerprint density at radius 3 is 1.42 bits per heavy atom. The fraction of sp³-hybridized carbons (Fsp3) is 0.750. The van der Waals surface area contributed by atoms with Gasteiger partial charge in [0.1, 0.15) is 0 Å². The van der Waals surface area contributed by atoms with Crippen molar-refractivity contribution in [3.8, 4) is 0 Å². The molecule has 0 aromatic rings. The van der Waals surface area contributed by atoms with E-state index in [9.17, 15) is 9.59 Å². The van der Waals surface area contributed by atoms with E-state index in [0.717, 1.165) is 0 Å². The zero-order chi connectivity index (χ0) is 9.40. The van der Waals surface area contributed by atoms with Gasteiger partial charge in [-0.15, -0.1) is 0 Å². The zero-order valence-electron chi connectivity index (χ0n) is 7.21. The first-order valence-electron chi connectivity index (χ1n) is 4.18. The van der Waals surface area contributed by atoms with Crippen LogP contribution in [0.5, 0.6) is 0 Å². The highest BCUT2D eigenvalue weighted by molar-refractivity contribution is 6.37. The van der Waals surface area contributed by atoms with Crippen molar-refractivity contribution in [1.29, 1.82) is 0 Å². The summed E-state index contributed by atoms with van der Waals surface area (Å²) in [6, 6.07) is 0. The van der Waals surface area contributed by atoms with Crippen LogP contribution >= 0.6 is 0 Å². The van der Waals surface area contributed by atoms with Crippen molar-refractivity contribution in [2.75, 3.05) is 13.1 Å². The molecule has 4 nitrogen and oxygen atoms in total. The fourth-order valence-corrected chi connectivity index (χ4v) is 0.804. The van der Waals surface area contributed by atoms with Gasteiger partial charge in [0.15, 0.2) is 11.6 Å². The average Bonchev–Trinajstić information content (AvgIpc) is 2.10. The van der Waals surface area contributed by atoms with Gasteiger partial charge in [-0.3, -0.25) is 9.59 Å². The van der Waals surface area contributed by atoms with Gasteiger partial charge in [-0.1, -0.05) is 0 Å². The molecule has 0 atom stereocenters. The third-order valence-electron chi connectivity index (χ3n) is 1.53. The Bertz CT molecular complexity index is 139. The molecular formula is C8H16N2O2. The average molecular weight is 172 g/mol. The molecule has 4 N–H and O–H groups in total. The maximum Gasteiger partial charge on any atom is 0.198 e. The topological polar surface area (TPSA) is 86.2 Å². The van der Waals surface area contributed by atoms with E-state index < -0.39 is 0 Å². The number of hydrogen-bond acceptors (Lipinski definition) is 4. The van der Waals surface area contributed by atoms with Crippen molar-refractivity contribution in [2.24, 2.45) is 11.5 Å². The van der Waals surface area contributed by atoms with E-state index in [1.165, 1.54) is 0 Å². The van der Waals surface area contributed by atoms with Gasteiger partial charge >= 0.3 is 0 Å². The van der Waals surface area contributed by atoms with Crippen molar-refractivity contribution in [1.82, 2.24) is 0 Å². The maximum atomic E-state index is 11.0. The minimum atomic E-state index is -0.311. The molecule has 0 aromatic carbocycles. The number of ketones is 2. The highest BCUT2D eigenvalue weighted by Crippen LogP contribution is 1.96. The third-order valence-corrected chi connectivity index (χ3v) is 1.53. The summed E-state index contributed by atoms with van der Waals surface area (Å²) in [5.41, 5.74) is 10.4. The summed E-state index contributed by atoms with van der Waals surface area (Å²) in [6.45, 7) is 0.909. The van der Waals surface area contributed by atoms with Gasteiger partial charge in [0.05, 0.1) is 0 Å². The summed E-state index contributed by atoms with van der Waals surface area (Å²) >= 11 is 0. The molecule has 0 fully saturated rings. The lowest BCUT2D eigenvalue weighted by molar-refractivity contribution is -0.136. The Kier molecular flexibility index (Phi) is 6.51. The summed E-state index contributed by atoms with van der Waals surface area (Å²) < 4.78 is 0. The fourth-order valence-electron chi connectivity index (χ4n) is 0.804.